The molecule has 0 aromatic carbocycles. The van der Waals surface area contributed by atoms with Crippen molar-refractivity contribution in [2.24, 2.45) is 5.92 Å². The first-order valence-electron chi connectivity index (χ1n) is 8.63. The van der Waals surface area contributed by atoms with Crippen LogP contribution in [-0.4, -0.2) is 47.9 Å². The van der Waals surface area contributed by atoms with E-state index >= 15 is 0 Å². The first-order valence-corrected chi connectivity index (χ1v) is 9.51. The van der Waals surface area contributed by atoms with Crippen molar-refractivity contribution in [3.8, 4) is 0 Å². The number of nitrogens with one attached hydrogen (secondary N) is 1. The number of carbonyl (C=O) groups is 3. The monoisotopic (exact) mass is 366 g/mol. The molecule has 1 saturated heterocycles. The Labute approximate surface area is 152 Å². The predicted molar refractivity (Wildman–Crippen MR) is 96.4 cm³/mol. The van der Waals surface area contributed by atoms with E-state index in [1.165, 1.54) is 11.3 Å². The summed E-state index contributed by atoms with van der Waals surface area (Å²) in [6.45, 7) is 6.53. The molecule has 1 aliphatic heterocycles. The van der Waals surface area contributed by atoms with Gasteiger partial charge >= 0.3 is 5.97 Å². The third-order valence-corrected chi connectivity index (χ3v) is 5.34. The van der Waals surface area contributed by atoms with Crippen molar-refractivity contribution in [3.05, 3.63) is 22.4 Å². The van der Waals surface area contributed by atoms with Gasteiger partial charge in [0.2, 0.25) is 0 Å². The Morgan fingerprint density at radius 2 is 2.16 bits per heavy atom. The minimum atomic E-state index is -0.409. The van der Waals surface area contributed by atoms with Crippen molar-refractivity contribution in [1.29, 1.82) is 0 Å². The van der Waals surface area contributed by atoms with Gasteiger partial charge in [-0.2, -0.15) is 0 Å². The lowest BCUT2D eigenvalue weighted by atomic mass is 9.98. The van der Waals surface area contributed by atoms with Crippen molar-refractivity contribution < 1.29 is 19.1 Å². The Hall–Kier alpha value is -1.89. The number of likely N-dealkylation sites (tertiary alicyclic amines) is 1. The van der Waals surface area contributed by atoms with Crippen molar-refractivity contribution >= 4 is 29.1 Å². The van der Waals surface area contributed by atoms with Gasteiger partial charge in [-0.05, 0) is 44.6 Å². The fraction of sp³-hybridized carbons (Fsp3) is 0.611. The number of hydrogen-bond donors (Lipinski definition) is 1. The van der Waals surface area contributed by atoms with Crippen LogP contribution >= 0.6 is 11.3 Å². The zero-order valence-electron chi connectivity index (χ0n) is 15.0. The molecule has 2 amide bonds. The molecule has 0 aliphatic carbocycles. The smallest absolute Gasteiger partial charge is 0.311 e. The zero-order chi connectivity index (χ0) is 18.4. The fourth-order valence-electron chi connectivity index (χ4n) is 2.67. The van der Waals surface area contributed by atoms with Gasteiger partial charge in [0.25, 0.3) is 11.8 Å². The number of carbonyl (C=O) groups excluding carboxylic acids is 3. The van der Waals surface area contributed by atoms with Crippen LogP contribution in [0.25, 0.3) is 0 Å². The molecule has 1 unspecified atom stereocenters. The van der Waals surface area contributed by atoms with Crippen molar-refractivity contribution in [3.63, 3.8) is 0 Å². The van der Waals surface area contributed by atoms with Crippen LogP contribution in [0, 0.1) is 5.92 Å². The van der Waals surface area contributed by atoms with Crippen LogP contribution in [0.1, 0.15) is 49.7 Å². The SMILES string of the molecule is CCC(C)(C)NC(=O)COC(=O)C1CCCN(C(=O)c2cccs2)C1. The lowest BCUT2D eigenvalue weighted by Crippen LogP contribution is -2.46. The summed E-state index contributed by atoms with van der Waals surface area (Å²) in [6, 6.07) is 3.62. The molecule has 2 heterocycles. The number of ether oxygens (including phenoxy) is 1. The molecule has 25 heavy (non-hydrogen) atoms. The van der Waals surface area contributed by atoms with E-state index in [-0.39, 0.29) is 29.9 Å². The third kappa shape index (κ3) is 5.56. The predicted octanol–water partition coefficient (Wildman–Crippen LogP) is 2.45. The highest BCUT2D eigenvalue weighted by Crippen LogP contribution is 2.21. The zero-order valence-corrected chi connectivity index (χ0v) is 15.9. The number of thiophene rings is 1. The lowest BCUT2D eigenvalue weighted by molar-refractivity contribution is -0.154. The Kier molecular flexibility index (Phi) is 6.58. The van der Waals surface area contributed by atoms with E-state index in [9.17, 15) is 14.4 Å². The molecule has 6 nitrogen and oxygen atoms in total. The number of hydrogen-bond acceptors (Lipinski definition) is 5. The number of esters is 1. The highest BCUT2D eigenvalue weighted by Gasteiger charge is 2.30. The minimum Gasteiger partial charge on any atom is -0.455 e. The molecular formula is C18H26N2O4S. The molecule has 1 aromatic heterocycles. The molecule has 0 radical (unpaired) electrons. The Balaban J connectivity index is 1.83. The molecule has 1 aliphatic rings. The van der Waals surface area contributed by atoms with E-state index in [2.05, 4.69) is 5.32 Å². The molecule has 0 spiro atoms. The highest BCUT2D eigenvalue weighted by atomic mass is 32.1. The lowest BCUT2D eigenvalue weighted by Gasteiger charge is -2.31. The van der Waals surface area contributed by atoms with E-state index in [0.717, 1.165) is 12.8 Å². The first-order chi connectivity index (χ1) is 11.8. The molecule has 1 fully saturated rings. The number of nitrogens with zero attached hydrogens (tertiary/aromatic N) is 1. The van der Waals surface area contributed by atoms with Gasteiger partial charge in [-0.3, -0.25) is 14.4 Å². The summed E-state index contributed by atoms with van der Waals surface area (Å²) in [5.41, 5.74) is -0.321. The number of amides is 2. The maximum Gasteiger partial charge on any atom is 0.311 e. The van der Waals surface area contributed by atoms with Crippen molar-refractivity contribution in [2.45, 2.75) is 45.6 Å². The van der Waals surface area contributed by atoms with Crippen LogP contribution < -0.4 is 5.32 Å². The normalized spacial score (nSPS) is 17.9. The fourth-order valence-corrected chi connectivity index (χ4v) is 3.36. The van der Waals surface area contributed by atoms with Crippen LogP contribution in [0.3, 0.4) is 0 Å². The van der Waals surface area contributed by atoms with Crippen LogP contribution in [0.4, 0.5) is 0 Å². The van der Waals surface area contributed by atoms with E-state index in [4.69, 9.17) is 4.74 Å². The second kappa shape index (κ2) is 8.47. The summed E-state index contributed by atoms with van der Waals surface area (Å²) in [6.07, 6.45) is 2.22. The van der Waals surface area contributed by atoms with Gasteiger partial charge in [0, 0.05) is 18.6 Å². The van der Waals surface area contributed by atoms with E-state index < -0.39 is 5.97 Å². The molecule has 7 heteroatoms. The van der Waals surface area contributed by atoms with Gasteiger partial charge in [-0.25, -0.2) is 0 Å². The van der Waals surface area contributed by atoms with Crippen molar-refractivity contribution in [1.82, 2.24) is 10.2 Å². The molecule has 1 N–H and O–H groups in total. The third-order valence-electron chi connectivity index (χ3n) is 4.48. The molecule has 138 valence electrons. The summed E-state index contributed by atoms with van der Waals surface area (Å²) in [5.74, 6) is -1.13. The highest BCUT2D eigenvalue weighted by molar-refractivity contribution is 7.12. The Morgan fingerprint density at radius 3 is 2.80 bits per heavy atom. The van der Waals surface area contributed by atoms with Gasteiger partial charge in [0.05, 0.1) is 10.8 Å². The van der Waals surface area contributed by atoms with Gasteiger partial charge < -0.3 is 15.0 Å². The van der Waals surface area contributed by atoms with Crippen molar-refractivity contribution in [2.75, 3.05) is 19.7 Å². The van der Waals surface area contributed by atoms with Gasteiger partial charge in [0.1, 0.15) is 0 Å². The summed E-state index contributed by atoms with van der Waals surface area (Å²) in [7, 11) is 0. The average molecular weight is 366 g/mol. The maximum absolute atomic E-state index is 12.4. The van der Waals surface area contributed by atoms with Crippen LogP contribution in [0.15, 0.2) is 17.5 Å². The van der Waals surface area contributed by atoms with Gasteiger partial charge in [-0.15, -0.1) is 11.3 Å². The molecule has 1 atom stereocenters. The standard InChI is InChI=1S/C18H26N2O4S/c1-4-18(2,3)19-15(21)12-24-17(23)13-7-5-9-20(11-13)16(22)14-8-6-10-25-14/h6,8,10,13H,4-5,7,9,11-12H2,1-3H3,(H,19,21). The first kappa shape index (κ1) is 19.4. The second-order valence-electron chi connectivity index (χ2n) is 6.96. The summed E-state index contributed by atoms with van der Waals surface area (Å²) < 4.78 is 5.17. The van der Waals surface area contributed by atoms with Crippen LogP contribution in [-0.2, 0) is 14.3 Å². The Morgan fingerprint density at radius 1 is 1.40 bits per heavy atom. The van der Waals surface area contributed by atoms with Crippen LogP contribution in [0.2, 0.25) is 0 Å². The molecule has 1 aromatic rings. The number of rotatable bonds is 6. The van der Waals surface area contributed by atoms with E-state index in [0.29, 0.717) is 24.4 Å². The van der Waals surface area contributed by atoms with Crippen LogP contribution in [0.5, 0.6) is 0 Å². The quantitative estimate of drug-likeness (QED) is 0.785. The second-order valence-corrected chi connectivity index (χ2v) is 7.91. The Bertz CT molecular complexity index is 613. The summed E-state index contributed by atoms with van der Waals surface area (Å²) in [5, 5.41) is 4.69. The topological polar surface area (TPSA) is 75.7 Å². The van der Waals surface area contributed by atoms with E-state index in [1.807, 2.05) is 32.2 Å². The number of piperidine rings is 1. The molecule has 2 rings (SSSR count). The molecular weight excluding hydrogens is 340 g/mol. The van der Waals surface area contributed by atoms with E-state index in [1.54, 1.807) is 11.0 Å². The largest absolute Gasteiger partial charge is 0.455 e. The summed E-state index contributed by atoms with van der Waals surface area (Å²) >= 11 is 1.40. The summed E-state index contributed by atoms with van der Waals surface area (Å²) in [4.78, 5) is 38.9. The van der Waals surface area contributed by atoms with Gasteiger partial charge in [0.15, 0.2) is 6.61 Å². The molecule has 0 bridgehead atoms. The molecule has 0 saturated carbocycles. The average Bonchev–Trinajstić information content (AvgIpc) is 3.13. The maximum atomic E-state index is 12.4. The minimum absolute atomic E-state index is 0.0464. The van der Waals surface area contributed by atoms with Gasteiger partial charge in [-0.1, -0.05) is 13.0 Å².